The summed E-state index contributed by atoms with van der Waals surface area (Å²) in [5.74, 6) is 0.386. The van der Waals surface area contributed by atoms with E-state index < -0.39 is 0 Å². The Kier molecular flexibility index (Phi) is 3.13. The summed E-state index contributed by atoms with van der Waals surface area (Å²) in [4.78, 5) is 0. The van der Waals surface area contributed by atoms with Gasteiger partial charge in [0.05, 0.1) is 28.5 Å². The molecule has 2 rings (SSSR count). The highest BCUT2D eigenvalue weighted by molar-refractivity contribution is 9.10. The predicted octanol–water partition coefficient (Wildman–Crippen LogP) is 1.61. The van der Waals surface area contributed by atoms with Crippen molar-refractivity contribution in [2.75, 3.05) is 6.61 Å². The highest BCUT2D eigenvalue weighted by atomic mass is 79.9. The fourth-order valence-electron chi connectivity index (χ4n) is 2.22. The van der Waals surface area contributed by atoms with Crippen molar-refractivity contribution in [3.05, 3.63) is 16.4 Å². The Morgan fingerprint density at radius 3 is 2.93 bits per heavy atom. The zero-order valence-corrected chi connectivity index (χ0v) is 10.6. The average molecular weight is 274 g/mol. The molecule has 0 saturated carbocycles. The van der Waals surface area contributed by atoms with E-state index in [9.17, 15) is 0 Å². The maximum atomic E-state index is 6.27. The molecule has 1 fully saturated rings. The molecule has 0 bridgehead atoms. The number of hydrogen-bond acceptors (Lipinski definition) is 3. The van der Waals surface area contributed by atoms with Crippen molar-refractivity contribution in [1.82, 2.24) is 9.78 Å². The number of hydrogen-bond donors (Lipinski definition) is 1. The molecule has 5 heteroatoms. The Balaban J connectivity index is 2.23. The second-order valence-electron chi connectivity index (χ2n) is 4.06. The smallest absolute Gasteiger partial charge is 0.0694 e. The SMILES string of the molecule is CC1OCCC1C(N)c1c(Br)cnn1C. The summed E-state index contributed by atoms with van der Waals surface area (Å²) >= 11 is 3.48. The lowest BCUT2D eigenvalue weighted by atomic mass is 9.92. The number of aryl methyl sites for hydroxylation is 1. The normalized spacial score (nSPS) is 28.3. The third-order valence-corrected chi connectivity index (χ3v) is 3.76. The topological polar surface area (TPSA) is 53.1 Å². The quantitative estimate of drug-likeness (QED) is 0.891. The van der Waals surface area contributed by atoms with E-state index in [1.807, 2.05) is 11.7 Å². The van der Waals surface area contributed by atoms with Crippen LogP contribution in [0.1, 0.15) is 25.1 Å². The van der Waals surface area contributed by atoms with E-state index in [1.54, 1.807) is 6.20 Å². The van der Waals surface area contributed by atoms with Crippen molar-refractivity contribution in [3.63, 3.8) is 0 Å². The minimum atomic E-state index is -0.00984. The first-order valence-corrected chi connectivity index (χ1v) is 5.95. The van der Waals surface area contributed by atoms with Crippen molar-refractivity contribution in [2.45, 2.75) is 25.5 Å². The number of rotatable bonds is 2. The summed E-state index contributed by atoms with van der Waals surface area (Å²) in [6.07, 6.45) is 3.05. The number of halogens is 1. The fraction of sp³-hybridized carbons (Fsp3) is 0.700. The van der Waals surface area contributed by atoms with Crippen LogP contribution < -0.4 is 5.73 Å². The molecule has 2 heterocycles. The molecular formula is C10H16BrN3O. The Labute approximate surface area is 97.9 Å². The van der Waals surface area contributed by atoms with Crippen LogP contribution in [0.15, 0.2) is 10.7 Å². The molecule has 15 heavy (non-hydrogen) atoms. The second kappa shape index (κ2) is 4.23. The monoisotopic (exact) mass is 273 g/mol. The molecule has 3 unspecified atom stereocenters. The summed E-state index contributed by atoms with van der Waals surface area (Å²) in [6, 6.07) is -0.00984. The van der Waals surface area contributed by atoms with Gasteiger partial charge in [-0.3, -0.25) is 4.68 Å². The minimum absolute atomic E-state index is 0.00984. The van der Waals surface area contributed by atoms with Gasteiger partial charge in [0.15, 0.2) is 0 Å². The highest BCUT2D eigenvalue weighted by Gasteiger charge is 2.32. The molecule has 2 N–H and O–H groups in total. The number of aromatic nitrogens is 2. The molecule has 1 aliphatic rings. The van der Waals surface area contributed by atoms with E-state index in [1.165, 1.54) is 0 Å². The van der Waals surface area contributed by atoms with Gasteiger partial charge in [0.2, 0.25) is 0 Å². The van der Waals surface area contributed by atoms with Crippen LogP contribution in [0.25, 0.3) is 0 Å². The molecule has 0 amide bonds. The van der Waals surface area contributed by atoms with Crippen LogP contribution in [0.3, 0.4) is 0 Å². The van der Waals surface area contributed by atoms with Gasteiger partial charge in [0.1, 0.15) is 0 Å². The first kappa shape index (κ1) is 11.1. The van der Waals surface area contributed by atoms with Gasteiger partial charge in [0.25, 0.3) is 0 Å². The van der Waals surface area contributed by atoms with Gasteiger partial charge in [-0.25, -0.2) is 0 Å². The summed E-state index contributed by atoms with van der Waals surface area (Å²) in [6.45, 7) is 2.90. The second-order valence-corrected chi connectivity index (χ2v) is 4.91. The molecule has 3 atom stereocenters. The van der Waals surface area contributed by atoms with Gasteiger partial charge < -0.3 is 10.5 Å². The van der Waals surface area contributed by atoms with Gasteiger partial charge in [-0.2, -0.15) is 5.10 Å². The molecule has 0 spiro atoms. The Morgan fingerprint density at radius 1 is 1.73 bits per heavy atom. The largest absolute Gasteiger partial charge is 0.378 e. The standard InChI is InChI=1S/C10H16BrN3O/c1-6-7(3-4-15-6)9(12)10-8(11)5-13-14(10)2/h5-7,9H,3-4,12H2,1-2H3. The van der Waals surface area contributed by atoms with Crippen molar-refractivity contribution in [1.29, 1.82) is 0 Å². The molecule has 1 aliphatic heterocycles. The number of nitrogens with zero attached hydrogens (tertiary/aromatic N) is 2. The molecule has 0 aliphatic carbocycles. The first-order chi connectivity index (χ1) is 7.11. The van der Waals surface area contributed by atoms with Gasteiger partial charge in [0, 0.05) is 19.6 Å². The zero-order chi connectivity index (χ0) is 11.0. The molecule has 4 nitrogen and oxygen atoms in total. The van der Waals surface area contributed by atoms with Crippen LogP contribution in [0.5, 0.6) is 0 Å². The first-order valence-electron chi connectivity index (χ1n) is 5.16. The maximum absolute atomic E-state index is 6.27. The highest BCUT2D eigenvalue weighted by Crippen LogP contribution is 2.34. The lowest BCUT2D eigenvalue weighted by Crippen LogP contribution is -2.28. The lowest BCUT2D eigenvalue weighted by molar-refractivity contribution is 0.0987. The summed E-state index contributed by atoms with van der Waals surface area (Å²) in [5.41, 5.74) is 7.32. The van der Waals surface area contributed by atoms with E-state index in [2.05, 4.69) is 28.0 Å². The van der Waals surface area contributed by atoms with Crippen LogP contribution in [0, 0.1) is 5.92 Å². The molecule has 0 aromatic carbocycles. The molecule has 1 saturated heterocycles. The Bertz CT molecular complexity index is 333. The third-order valence-electron chi connectivity index (χ3n) is 3.15. The minimum Gasteiger partial charge on any atom is -0.378 e. The van der Waals surface area contributed by atoms with E-state index >= 15 is 0 Å². The van der Waals surface area contributed by atoms with Crippen molar-refractivity contribution < 1.29 is 4.74 Å². The number of ether oxygens (including phenoxy) is 1. The van der Waals surface area contributed by atoms with Crippen molar-refractivity contribution >= 4 is 15.9 Å². The van der Waals surface area contributed by atoms with E-state index in [0.29, 0.717) is 5.92 Å². The summed E-state index contributed by atoms with van der Waals surface area (Å²) in [5, 5.41) is 4.18. The Morgan fingerprint density at radius 2 is 2.47 bits per heavy atom. The van der Waals surface area contributed by atoms with Gasteiger partial charge in [-0.05, 0) is 29.3 Å². The van der Waals surface area contributed by atoms with Crippen molar-refractivity contribution in [3.8, 4) is 0 Å². The van der Waals surface area contributed by atoms with Gasteiger partial charge in [-0.1, -0.05) is 0 Å². The third kappa shape index (κ3) is 1.96. The maximum Gasteiger partial charge on any atom is 0.0694 e. The zero-order valence-electron chi connectivity index (χ0n) is 8.98. The van der Waals surface area contributed by atoms with E-state index in [0.717, 1.165) is 23.2 Å². The predicted molar refractivity (Wildman–Crippen MR) is 61.4 cm³/mol. The van der Waals surface area contributed by atoms with Gasteiger partial charge >= 0.3 is 0 Å². The van der Waals surface area contributed by atoms with Crippen LogP contribution in [-0.2, 0) is 11.8 Å². The van der Waals surface area contributed by atoms with Gasteiger partial charge in [-0.15, -0.1) is 0 Å². The molecule has 1 aromatic heterocycles. The van der Waals surface area contributed by atoms with Crippen LogP contribution in [0.2, 0.25) is 0 Å². The summed E-state index contributed by atoms with van der Waals surface area (Å²) < 4.78 is 8.36. The van der Waals surface area contributed by atoms with E-state index in [4.69, 9.17) is 10.5 Å². The lowest BCUT2D eigenvalue weighted by Gasteiger charge is -2.22. The number of nitrogens with two attached hydrogens (primary N) is 1. The van der Waals surface area contributed by atoms with E-state index in [-0.39, 0.29) is 12.1 Å². The molecule has 0 radical (unpaired) electrons. The Hall–Kier alpha value is -0.390. The molecular weight excluding hydrogens is 258 g/mol. The molecule has 84 valence electrons. The average Bonchev–Trinajstić information content (AvgIpc) is 2.73. The van der Waals surface area contributed by atoms with Crippen LogP contribution in [-0.4, -0.2) is 22.5 Å². The van der Waals surface area contributed by atoms with Crippen LogP contribution >= 0.6 is 15.9 Å². The fourth-order valence-corrected chi connectivity index (χ4v) is 2.83. The van der Waals surface area contributed by atoms with Crippen molar-refractivity contribution in [2.24, 2.45) is 18.7 Å². The summed E-state index contributed by atoms with van der Waals surface area (Å²) in [7, 11) is 1.92. The molecule has 1 aromatic rings. The van der Waals surface area contributed by atoms with Crippen LogP contribution in [0.4, 0.5) is 0 Å².